The van der Waals surface area contributed by atoms with Crippen molar-refractivity contribution in [1.82, 2.24) is 9.80 Å². The van der Waals surface area contributed by atoms with Gasteiger partial charge in [-0.15, -0.1) is 0 Å². The monoisotopic (exact) mass is 328 g/mol. The summed E-state index contributed by atoms with van der Waals surface area (Å²) >= 11 is 0. The lowest BCUT2D eigenvalue weighted by molar-refractivity contribution is -0.137. The minimum Gasteiger partial charge on any atom is -0.343 e. The number of hydrogen-bond donors (Lipinski definition) is 1. The Morgan fingerprint density at radius 1 is 1.33 bits per heavy atom. The van der Waals surface area contributed by atoms with Gasteiger partial charge in [0.15, 0.2) is 0 Å². The molecular formula is C18H24N4O2. The summed E-state index contributed by atoms with van der Waals surface area (Å²) < 4.78 is 0. The summed E-state index contributed by atoms with van der Waals surface area (Å²) in [5, 5.41) is 11.6. The molecular weight excluding hydrogens is 304 g/mol. The Bertz CT molecular complexity index is 633. The van der Waals surface area contributed by atoms with Crippen molar-refractivity contribution in [3.63, 3.8) is 0 Å². The average Bonchev–Trinajstić information content (AvgIpc) is 2.61. The van der Waals surface area contributed by atoms with Crippen molar-refractivity contribution in [3.05, 3.63) is 29.8 Å². The van der Waals surface area contributed by atoms with Gasteiger partial charge in [0.1, 0.15) is 0 Å². The maximum absolute atomic E-state index is 12.5. The lowest BCUT2D eigenvalue weighted by Gasteiger charge is -2.35. The molecule has 1 aromatic rings. The van der Waals surface area contributed by atoms with E-state index in [1.807, 2.05) is 27.0 Å². The zero-order valence-corrected chi connectivity index (χ0v) is 14.5. The second-order valence-corrected chi connectivity index (χ2v) is 6.45. The van der Waals surface area contributed by atoms with E-state index in [-0.39, 0.29) is 23.9 Å². The number of nitrogens with zero attached hydrogens (tertiary/aromatic N) is 3. The van der Waals surface area contributed by atoms with Crippen LogP contribution in [0.15, 0.2) is 24.3 Å². The number of carbonyl (C=O) groups excluding carboxylic acids is 2. The highest BCUT2D eigenvalue weighted by Gasteiger charge is 2.30. The second kappa shape index (κ2) is 7.82. The lowest BCUT2D eigenvalue weighted by atomic mass is 9.96. The predicted octanol–water partition coefficient (Wildman–Crippen LogP) is 2.67. The Morgan fingerprint density at radius 2 is 2.00 bits per heavy atom. The predicted molar refractivity (Wildman–Crippen MR) is 92.4 cm³/mol. The topological polar surface area (TPSA) is 76.4 Å². The van der Waals surface area contributed by atoms with Crippen LogP contribution in [0.25, 0.3) is 0 Å². The van der Waals surface area contributed by atoms with E-state index in [1.54, 1.807) is 34.1 Å². The molecule has 6 nitrogen and oxygen atoms in total. The first-order chi connectivity index (χ1) is 11.4. The molecule has 1 fully saturated rings. The van der Waals surface area contributed by atoms with Crippen molar-refractivity contribution in [2.45, 2.75) is 32.7 Å². The highest BCUT2D eigenvalue weighted by atomic mass is 16.2. The van der Waals surface area contributed by atoms with E-state index in [0.717, 1.165) is 12.8 Å². The Kier molecular flexibility index (Phi) is 5.80. The van der Waals surface area contributed by atoms with Gasteiger partial charge in [-0.2, -0.15) is 5.26 Å². The third-order valence-electron chi connectivity index (χ3n) is 4.45. The van der Waals surface area contributed by atoms with Crippen LogP contribution in [0.2, 0.25) is 0 Å². The number of carbonyl (C=O) groups is 2. The number of piperidine rings is 1. The molecule has 0 aromatic heterocycles. The van der Waals surface area contributed by atoms with E-state index in [9.17, 15) is 9.59 Å². The number of nitriles is 1. The minimum atomic E-state index is -0.204. The third-order valence-corrected chi connectivity index (χ3v) is 4.45. The van der Waals surface area contributed by atoms with Gasteiger partial charge < -0.3 is 15.1 Å². The molecule has 1 aliphatic heterocycles. The van der Waals surface area contributed by atoms with Crippen LogP contribution in [0.1, 0.15) is 32.3 Å². The number of benzene rings is 1. The molecule has 2 rings (SSSR count). The van der Waals surface area contributed by atoms with E-state index in [4.69, 9.17) is 5.26 Å². The van der Waals surface area contributed by atoms with E-state index in [2.05, 4.69) is 5.32 Å². The molecule has 3 amide bonds. The quantitative estimate of drug-likeness (QED) is 0.927. The SMILES string of the molecule is CC(C)N(C)C(=O)[C@@H]1CCCN(C(=O)Nc2ccc(C#N)cc2)C1. The molecule has 1 aliphatic rings. The molecule has 128 valence electrons. The van der Waals surface area contributed by atoms with Crippen molar-refractivity contribution < 1.29 is 9.59 Å². The van der Waals surface area contributed by atoms with Crippen molar-refractivity contribution in [2.75, 3.05) is 25.5 Å². The van der Waals surface area contributed by atoms with Gasteiger partial charge in [-0.05, 0) is 51.0 Å². The van der Waals surface area contributed by atoms with Crippen molar-refractivity contribution in [2.24, 2.45) is 5.92 Å². The molecule has 1 saturated heterocycles. The molecule has 0 unspecified atom stereocenters. The summed E-state index contributed by atoms with van der Waals surface area (Å²) in [4.78, 5) is 28.3. The van der Waals surface area contributed by atoms with E-state index >= 15 is 0 Å². The molecule has 1 N–H and O–H groups in total. The Balaban J connectivity index is 1.97. The average molecular weight is 328 g/mol. The standard InChI is InChI=1S/C18H24N4O2/c1-13(2)21(3)17(23)15-5-4-10-22(12-15)18(24)20-16-8-6-14(11-19)7-9-16/h6-9,13,15H,4-5,10,12H2,1-3H3,(H,20,24)/t15-/m1/s1. The molecule has 0 aliphatic carbocycles. The van der Waals surface area contributed by atoms with E-state index in [0.29, 0.717) is 24.3 Å². The first-order valence-electron chi connectivity index (χ1n) is 8.25. The van der Waals surface area contributed by atoms with Crippen LogP contribution in [0.3, 0.4) is 0 Å². The highest BCUT2D eigenvalue weighted by molar-refractivity contribution is 5.90. The van der Waals surface area contributed by atoms with Gasteiger partial charge in [0.05, 0.1) is 17.6 Å². The number of rotatable bonds is 3. The first-order valence-corrected chi connectivity index (χ1v) is 8.25. The Morgan fingerprint density at radius 3 is 2.58 bits per heavy atom. The van der Waals surface area contributed by atoms with Gasteiger partial charge in [0.2, 0.25) is 5.91 Å². The number of nitrogens with one attached hydrogen (secondary N) is 1. The van der Waals surface area contributed by atoms with Gasteiger partial charge in [0, 0.05) is 31.9 Å². The summed E-state index contributed by atoms with van der Waals surface area (Å²) in [6.07, 6.45) is 1.64. The second-order valence-electron chi connectivity index (χ2n) is 6.45. The molecule has 0 bridgehead atoms. The van der Waals surface area contributed by atoms with Gasteiger partial charge >= 0.3 is 6.03 Å². The lowest BCUT2D eigenvalue weighted by Crippen LogP contribution is -2.48. The van der Waals surface area contributed by atoms with Crippen LogP contribution >= 0.6 is 0 Å². The van der Waals surface area contributed by atoms with Gasteiger partial charge in [-0.25, -0.2) is 4.79 Å². The smallest absolute Gasteiger partial charge is 0.321 e. The van der Waals surface area contributed by atoms with Crippen LogP contribution in [0.5, 0.6) is 0 Å². The summed E-state index contributed by atoms with van der Waals surface area (Å²) in [5.74, 6) is -0.0428. The van der Waals surface area contributed by atoms with Crippen LogP contribution < -0.4 is 5.32 Å². The molecule has 0 saturated carbocycles. The first kappa shape index (κ1) is 17.8. The van der Waals surface area contributed by atoms with Gasteiger partial charge in [-0.1, -0.05) is 0 Å². The Hall–Kier alpha value is -2.55. The number of amides is 3. The van der Waals surface area contributed by atoms with E-state index < -0.39 is 0 Å². The third kappa shape index (κ3) is 4.25. The summed E-state index contributed by atoms with van der Waals surface area (Å²) in [7, 11) is 1.81. The largest absolute Gasteiger partial charge is 0.343 e. The fraction of sp³-hybridized carbons (Fsp3) is 0.500. The number of urea groups is 1. The maximum Gasteiger partial charge on any atom is 0.321 e. The van der Waals surface area contributed by atoms with Gasteiger partial charge in [-0.3, -0.25) is 4.79 Å². The fourth-order valence-electron chi connectivity index (χ4n) is 2.74. The summed E-state index contributed by atoms with van der Waals surface area (Å²) in [6.45, 7) is 5.06. The highest BCUT2D eigenvalue weighted by Crippen LogP contribution is 2.20. The summed E-state index contributed by atoms with van der Waals surface area (Å²) in [6, 6.07) is 8.73. The summed E-state index contributed by atoms with van der Waals surface area (Å²) in [5.41, 5.74) is 1.19. The molecule has 0 spiro atoms. The Labute approximate surface area is 143 Å². The van der Waals surface area contributed by atoms with Crippen molar-refractivity contribution in [1.29, 1.82) is 5.26 Å². The number of anilines is 1. The zero-order chi connectivity index (χ0) is 17.7. The van der Waals surface area contributed by atoms with Crippen LogP contribution in [-0.4, -0.2) is 47.9 Å². The van der Waals surface area contributed by atoms with E-state index in [1.165, 1.54) is 0 Å². The molecule has 24 heavy (non-hydrogen) atoms. The number of hydrogen-bond acceptors (Lipinski definition) is 3. The molecule has 1 aromatic carbocycles. The van der Waals surface area contributed by atoms with Crippen LogP contribution in [-0.2, 0) is 4.79 Å². The fourth-order valence-corrected chi connectivity index (χ4v) is 2.74. The maximum atomic E-state index is 12.5. The van der Waals surface area contributed by atoms with Crippen molar-refractivity contribution >= 4 is 17.6 Å². The van der Waals surface area contributed by atoms with Crippen molar-refractivity contribution in [3.8, 4) is 6.07 Å². The normalized spacial score (nSPS) is 17.3. The molecule has 6 heteroatoms. The molecule has 1 atom stereocenters. The van der Waals surface area contributed by atoms with Crippen LogP contribution in [0, 0.1) is 17.2 Å². The minimum absolute atomic E-state index is 0.0980. The number of likely N-dealkylation sites (tertiary alicyclic amines) is 1. The zero-order valence-electron chi connectivity index (χ0n) is 14.5. The molecule has 1 heterocycles. The van der Waals surface area contributed by atoms with Gasteiger partial charge in [0.25, 0.3) is 0 Å². The van der Waals surface area contributed by atoms with Crippen LogP contribution in [0.4, 0.5) is 10.5 Å². The molecule has 0 radical (unpaired) electrons.